The van der Waals surface area contributed by atoms with Crippen molar-refractivity contribution in [1.82, 2.24) is 4.72 Å². The molecule has 1 aromatic rings. The van der Waals surface area contributed by atoms with E-state index in [-0.39, 0.29) is 12.1 Å². The van der Waals surface area contributed by atoms with E-state index < -0.39 is 10.0 Å². The number of hydrogen-bond donors (Lipinski definition) is 2. The van der Waals surface area contributed by atoms with E-state index in [2.05, 4.69) is 18.6 Å². The molecule has 0 amide bonds. The molecule has 4 nitrogen and oxygen atoms in total. The maximum atomic E-state index is 12.5. The highest BCUT2D eigenvalue weighted by Crippen LogP contribution is 2.21. The maximum Gasteiger partial charge on any atom is 0.240 e. The Labute approximate surface area is 128 Å². The van der Waals surface area contributed by atoms with E-state index in [4.69, 9.17) is 5.73 Å². The smallest absolute Gasteiger partial charge is 0.240 e. The highest BCUT2D eigenvalue weighted by molar-refractivity contribution is 7.89. The summed E-state index contributed by atoms with van der Waals surface area (Å²) in [6.07, 6.45) is 4.97. The summed E-state index contributed by atoms with van der Waals surface area (Å²) in [5.41, 5.74) is 7.24. The minimum Gasteiger partial charge on any atom is -0.326 e. The van der Waals surface area contributed by atoms with Gasteiger partial charge in [-0.3, -0.25) is 0 Å². The van der Waals surface area contributed by atoms with Crippen LogP contribution in [0.1, 0.15) is 57.4 Å². The van der Waals surface area contributed by atoms with Crippen LogP contribution in [0.2, 0.25) is 0 Å². The summed E-state index contributed by atoms with van der Waals surface area (Å²) in [6, 6.07) is 6.89. The van der Waals surface area contributed by atoms with Gasteiger partial charge >= 0.3 is 0 Å². The lowest BCUT2D eigenvalue weighted by Crippen LogP contribution is -2.46. The highest BCUT2D eigenvalue weighted by atomic mass is 32.2. The second-order valence-corrected chi connectivity index (χ2v) is 7.97. The van der Waals surface area contributed by atoms with Crippen LogP contribution in [-0.4, -0.2) is 20.5 Å². The van der Waals surface area contributed by atoms with Crippen LogP contribution in [-0.2, 0) is 10.0 Å². The zero-order valence-electron chi connectivity index (χ0n) is 12.9. The van der Waals surface area contributed by atoms with Gasteiger partial charge in [0.25, 0.3) is 0 Å². The third-order valence-electron chi connectivity index (χ3n) is 4.23. The molecule has 1 saturated carbocycles. The topological polar surface area (TPSA) is 72.2 Å². The predicted molar refractivity (Wildman–Crippen MR) is 85.7 cm³/mol. The Morgan fingerprint density at radius 1 is 1.10 bits per heavy atom. The Kier molecular flexibility index (Phi) is 5.41. The van der Waals surface area contributed by atoms with Gasteiger partial charge in [-0.25, -0.2) is 13.1 Å². The molecule has 2 rings (SSSR count). The van der Waals surface area contributed by atoms with Gasteiger partial charge in [-0.15, -0.1) is 0 Å². The molecular formula is C16H26N2O2S. The molecule has 0 aliphatic heterocycles. The summed E-state index contributed by atoms with van der Waals surface area (Å²) in [4.78, 5) is 0.323. The van der Waals surface area contributed by atoms with Gasteiger partial charge in [0.05, 0.1) is 4.90 Å². The molecule has 0 saturated heterocycles. The van der Waals surface area contributed by atoms with Crippen molar-refractivity contribution in [2.45, 2.75) is 68.8 Å². The van der Waals surface area contributed by atoms with E-state index in [0.717, 1.165) is 37.7 Å². The van der Waals surface area contributed by atoms with Crippen LogP contribution in [0.4, 0.5) is 0 Å². The first-order valence-corrected chi connectivity index (χ1v) is 9.26. The number of nitrogens with two attached hydrogens (primary N) is 1. The van der Waals surface area contributed by atoms with Gasteiger partial charge in [-0.05, 0) is 36.5 Å². The Bertz CT molecular complexity index is 552. The third-order valence-corrected chi connectivity index (χ3v) is 5.74. The van der Waals surface area contributed by atoms with Gasteiger partial charge in [0.1, 0.15) is 0 Å². The van der Waals surface area contributed by atoms with E-state index in [0.29, 0.717) is 10.8 Å². The predicted octanol–water partition coefficient (Wildman–Crippen LogP) is 2.75. The van der Waals surface area contributed by atoms with Gasteiger partial charge in [-0.2, -0.15) is 0 Å². The second kappa shape index (κ2) is 6.90. The second-order valence-electron chi connectivity index (χ2n) is 6.25. The quantitative estimate of drug-likeness (QED) is 0.840. The normalized spacial score (nSPS) is 24.0. The Hall–Kier alpha value is -0.910. The summed E-state index contributed by atoms with van der Waals surface area (Å²) >= 11 is 0. The summed E-state index contributed by atoms with van der Waals surface area (Å²) < 4.78 is 27.7. The monoisotopic (exact) mass is 310 g/mol. The molecule has 3 N–H and O–H groups in total. The van der Waals surface area contributed by atoms with Crippen LogP contribution in [0, 0.1) is 0 Å². The van der Waals surface area contributed by atoms with Crippen molar-refractivity contribution in [3.8, 4) is 0 Å². The molecule has 0 radical (unpaired) electrons. The van der Waals surface area contributed by atoms with Gasteiger partial charge in [0.2, 0.25) is 10.0 Å². The fraction of sp³-hybridized carbons (Fsp3) is 0.625. The van der Waals surface area contributed by atoms with E-state index >= 15 is 0 Å². The maximum absolute atomic E-state index is 12.5. The van der Waals surface area contributed by atoms with Gasteiger partial charge in [0.15, 0.2) is 0 Å². The average Bonchev–Trinajstić information content (AvgIpc) is 2.64. The largest absolute Gasteiger partial charge is 0.326 e. The van der Waals surface area contributed by atoms with Crippen molar-refractivity contribution in [3.63, 3.8) is 0 Å². The molecule has 118 valence electrons. The number of benzene rings is 1. The molecule has 1 aliphatic carbocycles. The van der Waals surface area contributed by atoms with Crippen LogP contribution in [0.25, 0.3) is 0 Å². The van der Waals surface area contributed by atoms with Crippen molar-refractivity contribution in [3.05, 3.63) is 29.8 Å². The first kappa shape index (κ1) is 16.5. The van der Waals surface area contributed by atoms with Crippen molar-refractivity contribution in [2.24, 2.45) is 5.73 Å². The lowest BCUT2D eigenvalue weighted by molar-refractivity contribution is 0.456. The fourth-order valence-corrected chi connectivity index (χ4v) is 4.10. The zero-order chi connectivity index (χ0) is 15.5. The Balaban J connectivity index is 2.13. The molecule has 1 fully saturated rings. The lowest BCUT2D eigenvalue weighted by atomic mass is 10.0. The number of sulfonamides is 1. The van der Waals surface area contributed by atoms with Crippen LogP contribution >= 0.6 is 0 Å². The van der Waals surface area contributed by atoms with E-state index in [1.54, 1.807) is 12.1 Å². The molecule has 1 aliphatic rings. The Morgan fingerprint density at radius 2 is 1.71 bits per heavy atom. The molecule has 0 heterocycles. The fourth-order valence-electron chi connectivity index (χ4n) is 2.78. The van der Waals surface area contributed by atoms with Crippen molar-refractivity contribution < 1.29 is 8.42 Å². The summed E-state index contributed by atoms with van der Waals surface area (Å²) in [6.45, 7) is 4.18. The van der Waals surface area contributed by atoms with Crippen molar-refractivity contribution in [1.29, 1.82) is 0 Å². The highest BCUT2D eigenvalue weighted by Gasteiger charge is 2.26. The molecule has 0 aromatic heterocycles. The summed E-state index contributed by atoms with van der Waals surface area (Å²) in [7, 11) is -3.48. The zero-order valence-corrected chi connectivity index (χ0v) is 13.7. The molecular weight excluding hydrogens is 284 g/mol. The van der Waals surface area contributed by atoms with Gasteiger partial charge in [-0.1, -0.05) is 45.2 Å². The number of hydrogen-bond acceptors (Lipinski definition) is 3. The van der Waals surface area contributed by atoms with Crippen molar-refractivity contribution in [2.75, 3.05) is 0 Å². The Morgan fingerprint density at radius 3 is 2.33 bits per heavy atom. The van der Waals surface area contributed by atoms with E-state index in [1.807, 2.05) is 12.1 Å². The van der Waals surface area contributed by atoms with Gasteiger partial charge in [0, 0.05) is 12.1 Å². The van der Waals surface area contributed by atoms with Crippen LogP contribution in [0.5, 0.6) is 0 Å². The summed E-state index contributed by atoms with van der Waals surface area (Å²) in [5, 5.41) is 0. The van der Waals surface area contributed by atoms with E-state index in [9.17, 15) is 8.42 Å². The molecule has 0 bridgehead atoms. The van der Waals surface area contributed by atoms with Crippen molar-refractivity contribution >= 4 is 10.0 Å². The molecule has 2 atom stereocenters. The van der Waals surface area contributed by atoms with E-state index in [1.165, 1.54) is 0 Å². The minimum atomic E-state index is -3.48. The molecule has 1 aromatic carbocycles. The first-order chi connectivity index (χ1) is 9.90. The standard InChI is InChI=1S/C16H26N2O2S/c1-12(2)13-8-10-14(11-9-13)21(19,20)18-16-7-5-3-4-6-15(16)17/h8-12,15-16,18H,3-7,17H2,1-2H3. The van der Waals surface area contributed by atoms with Crippen LogP contribution < -0.4 is 10.5 Å². The number of rotatable bonds is 4. The number of nitrogens with one attached hydrogen (secondary N) is 1. The molecule has 0 spiro atoms. The average molecular weight is 310 g/mol. The summed E-state index contributed by atoms with van der Waals surface area (Å²) in [5.74, 6) is 0.394. The molecule has 2 unspecified atom stereocenters. The third kappa shape index (κ3) is 4.28. The molecule has 5 heteroatoms. The molecule has 21 heavy (non-hydrogen) atoms. The van der Waals surface area contributed by atoms with Crippen LogP contribution in [0.15, 0.2) is 29.2 Å². The lowest BCUT2D eigenvalue weighted by Gasteiger charge is -2.22. The minimum absolute atomic E-state index is 0.0859. The van der Waals surface area contributed by atoms with Crippen LogP contribution in [0.3, 0.4) is 0 Å². The first-order valence-electron chi connectivity index (χ1n) is 7.78. The SMILES string of the molecule is CC(C)c1ccc(S(=O)(=O)NC2CCCCCC2N)cc1. The van der Waals surface area contributed by atoms with Gasteiger partial charge < -0.3 is 5.73 Å².